The lowest BCUT2D eigenvalue weighted by atomic mass is 10.2. The van der Waals surface area contributed by atoms with Crippen LogP contribution in [-0.4, -0.2) is 8.07 Å². The number of rotatable bonds is 4. The van der Waals surface area contributed by atoms with Crippen LogP contribution in [-0.2, 0) is 0 Å². The molecule has 0 fully saturated rings. The number of allylic oxidation sites excluding steroid dienone is 2. The summed E-state index contributed by atoms with van der Waals surface area (Å²) in [7, 11) is -1.15. The van der Waals surface area contributed by atoms with Gasteiger partial charge in [0.25, 0.3) is 0 Å². The lowest BCUT2D eigenvalue weighted by molar-refractivity contribution is 0.962. The average molecular weight is 180 g/mol. The first-order chi connectivity index (χ1) is 5.38. The largest absolute Gasteiger partial charge is 0.134 e. The molecule has 0 heterocycles. The fraction of sp³-hybridized carbons (Fsp3) is 0.545. The van der Waals surface area contributed by atoms with E-state index in [0.29, 0.717) is 0 Å². The fourth-order valence-electron chi connectivity index (χ4n) is 1.07. The Kier molecular flexibility index (Phi) is 4.29. The third kappa shape index (κ3) is 4.37. The van der Waals surface area contributed by atoms with E-state index < -0.39 is 8.07 Å². The molecule has 0 aromatic heterocycles. The Labute approximate surface area is 77.7 Å². The Hall–Kier alpha value is -0.523. The Morgan fingerprint density at radius 3 is 2.00 bits per heavy atom. The second kappa shape index (κ2) is 4.49. The van der Waals surface area contributed by atoms with Gasteiger partial charge < -0.3 is 0 Å². The van der Waals surface area contributed by atoms with E-state index in [-0.39, 0.29) is 0 Å². The molecule has 0 atom stereocenters. The molecule has 0 aromatic rings. The van der Waals surface area contributed by atoms with Crippen molar-refractivity contribution in [2.45, 2.75) is 39.4 Å². The maximum absolute atomic E-state index is 3.90. The van der Waals surface area contributed by atoms with E-state index in [1.165, 1.54) is 10.8 Å². The molecular formula is C11H20Si. The topological polar surface area (TPSA) is 0 Å². The molecule has 0 saturated heterocycles. The van der Waals surface area contributed by atoms with Gasteiger partial charge in [0, 0.05) is 0 Å². The summed E-state index contributed by atoms with van der Waals surface area (Å²) in [5.74, 6) is 0. The summed E-state index contributed by atoms with van der Waals surface area (Å²) in [6, 6.07) is 0. The number of hydrogen-bond acceptors (Lipinski definition) is 0. The summed E-state index contributed by atoms with van der Waals surface area (Å²) in [6.07, 6.45) is 2.19. The van der Waals surface area contributed by atoms with E-state index in [2.05, 4.69) is 45.5 Å². The summed E-state index contributed by atoms with van der Waals surface area (Å²) in [4.78, 5) is 0. The zero-order valence-corrected chi connectivity index (χ0v) is 9.83. The molecule has 0 rings (SSSR count). The normalized spacial score (nSPS) is 10.7. The van der Waals surface area contributed by atoms with Crippen LogP contribution in [0.15, 0.2) is 29.7 Å². The van der Waals surface area contributed by atoms with E-state index in [4.69, 9.17) is 0 Å². The van der Waals surface area contributed by atoms with Crippen molar-refractivity contribution < 1.29 is 0 Å². The smallest absolute Gasteiger partial charge is 0.0823 e. The molecule has 0 unspecified atom stereocenters. The molecule has 0 bridgehead atoms. The molecule has 0 amide bonds. The Morgan fingerprint density at radius 2 is 1.75 bits per heavy atom. The van der Waals surface area contributed by atoms with Gasteiger partial charge in [-0.3, -0.25) is 0 Å². The first-order valence-electron chi connectivity index (χ1n) is 4.41. The lowest BCUT2D eigenvalue weighted by Crippen LogP contribution is -2.23. The molecule has 0 saturated carbocycles. The van der Waals surface area contributed by atoms with Gasteiger partial charge in [-0.05, 0) is 25.0 Å². The van der Waals surface area contributed by atoms with Gasteiger partial charge in [0.2, 0.25) is 0 Å². The summed E-state index contributed by atoms with van der Waals surface area (Å²) >= 11 is 0. The molecule has 0 N–H and O–H groups in total. The second-order valence-corrected chi connectivity index (χ2v) is 9.47. The monoisotopic (exact) mass is 180 g/mol. The molecule has 0 aliphatic carbocycles. The first kappa shape index (κ1) is 11.5. The zero-order valence-electron chi connectivity index (χ0n) is 8.83. The minimum absolute atomic E-state index is 1.09. The predicted molar refractivity (Wildman–Crippen MR) is 60.0 cm³/mol. The summed E-state index contributed by atoms with van der Waals surface area (Å²) in [5.41, 5.74) is 4.34. The second-order valence-electron chi connectivity index (χ2n) is 4.36. The van der Waals surface area contributed by atoms with Gasteiger partial charge in [-0.15, -0.1) is 12.3 Å². The van der Waals surface area contributed by atoms with Crippen molar-refractivity contribution in [2.75, 3.05) is 0 Å². The van der Waals surface area contributed by atoms with Crippen LogP contribution in [0.2, 0.25) is 19.6 Å². The molecule has 0 aliphatic heterocycles. The van der Waals surface area contributed by atoms with E-state index in [9.17, 15) is 0 Å². The van der Waals surface area contributed by atoms with Crippen LogP contribution >= 0.6 is 0 Å². The van der Waals surface area contributed by atoms with Gasteiger partial charge in [0.1, 0.15) is 0 Å². The molecule has 0 spiro atoms. The zero-order chi connectivity index (χ0) is 9.78. The lowest BCUT2D eigenvalue weighted by Gasteiger charge is -2.18. The van der Waals surface area contributed by atoms with Crippen LogP contribution in [0.4, 0.5) is 0 Å². The average Bonchev–Trinajstić information content (AvgIpc) is 1.85. The SMILES string of the molecule is C=C=C(CCC(=C)C)[Si](C)(C)C. The van der Waals surface area contributed by atoms with Crippen LogP contribution < -0.4 is 0 Å². The standard InChI is InChI=1S/C11H20Si/c1-7-11(12(4,5)6)9-8-10(2)3/h1-2,8-9H2,3-6H3. The minimum Gasteiger partial charge on any atom is -0.134 e. The highest BCUT2D eigenvalue weighted by Gasteiger charge is 2.18. The van der Waals surface area contributed by atoms with Gasteiger partial charge >= 0.3 is 0 Å². The van der Waals surface area contributed by atoms with Crippen LogP contribution in [0.1, 0.15) is 19.8 Å². The molecule has 1 heteroatoms. The summed E-state index contributed by atoms with van der Waals surface area (Å²) < 4.78 is 0. The van der Waals surface area contributed by atoms with Crippen molar-refractivity contribution in [3.05, 3.63) is 29.7 Å². The summed E-state index contributed by atoms with van der Waals surface area (Å²) in [6.45, 7) is 16.7. The van der Waals surface area contributed by atoms with E-state index in [1.807, 2.05) is 0 Å². The van der Waals surface area contributed by atoms with Crippen molar-refractivity contribution in [3.63, 3.8) is 0 Å². The predicted octanol–water partition coefficient (Wildman–Crippen LogP) is 3.93. The highest BCUT2D eigenvalue weighted by molar-refractivity contribution is 6.83. The Morgan fingerprint density at radius 1 is 1.25 bits per heavy atom. The van der Waals surface area contributed by atoms with E-state index in [1.54, 1.807) is 0 Å². The molecule has 12 heavy (non-hydrogen) atoms. The summed E-state index contributed by atoms with van der Waals surface area (Å²) in [5, 5.41) is 1.44. The van der Waals surface area contributed by atoms with Crippen LogP contribution in [0.25, 0.3) is 0 Å². The molecular weight excluding hydrogens is 160 g/mol. The highest BCUT2D eigenvalue weighted by Crippen LogP contribution is 2.19. The third-order valence-corrected chi connectivity index (χ3v) is 4.16. The van der Waals surface area contributed by atoms with Crippen LogP contribution in [0.3, 0.4) is 0 Å². The Bertz CT molecular complexity index is 212. The van der Waals surface area contributed by atoms with Crippen molar-refractivity contribution in [1.29, 1.82) is 0 Å². The van der Waals surface area contributed by atoms with Crippen molar-refractivity contribution in [1.82, 2.24) is 0 Å². The number of hydrogen-bond donors (Lipinski definition) is 0. The van der Waals surface area contributed by atoms with Crippen LogP contribution in [0, 0.1) is 0 Å². The van der Waals surface area contributed by atoms with Crippen LogP contribution in [0.5, 0.6) is 0 Å². The van der Waals surface area contributed by atoms with Gasteiger partial charge in [-0.2, -0.15) is 0 Å². The highest BCUT2D eigenvalue weighted by atomic mass is 28.3. The Balaban J connectivity index is 4.23. The molecule has 0 radical (unpaired) electrons. The molecule has 68 valence electrons. The molecule has 0 nitrogen and oxygen atoms in total. The quantitative estimate of drug-likeness (QED) is 0.349. The third-order valence-electron chi connectivity index (χ3n) is 1.92. The van der Waals surface area contributed by atoms with E-state index in [0.717, 1.165) is 12.8 Å². The van der Waals surface area contributed by atoms with Gasteiger partial charge in [0.15, 0.2) is 0 Å². The van der Waals surface area contributed by atoms with Crippen molar-refractivity contribution >= 4 is 8.07 Å². The fourth-order valence-corrected chi connectivity index (χ4v) is 2.47. The maximum Gasteiger partial charge on any atom is 0.0823 e. The minimum atomic E-state index is -1.15. The van der Waals surface area contributed by atoms with Crippen molar-refractivity contribution in [3.8, 4) is 0 Å². The van der Waals surface area contributed by atoms with E-state index >= 15 is 0 Å². The van der Waals surface area contributed by atoms with Gasteiger partial charge in [-0.1, -0.05) is 31.8 Å². The van der Waals surface area contributed by atoms with Crippen molar-refractivity contribution in [2.24, 2.45) is 0 Å². The molecule has 0 aromatic carbocycles. The van der Waals surface area contributed by atoms with Gasteiger partial charge in [0.05, 0.1) is 8.07 Å². The maximum atomic E-state index is 3.90. The molecule has 0 aliphatic rings. The van der Waals surface area contributed by atoms with Gasteiger partial charge in [-0.25, -0.2) is 0 Å². The first-order valence-corrected chi connectivity index (χ1v) is 7.91.